The number of benzene rings is 2. The van der Waals surface area contributed by atoms with Crippen LogP contribution in [0.15, 0.2) is 41.3 Å². The van der Waals surface area contributed by atoms with Crippen LogP contribution >= 0.6 is 0 Å². The van der Waals surface area contributed by atoms with Crippen LogP contribution in [-0.2, 0) is 10.0 Å². The van der Waals surface area contributed by atoms with E-state index < -0.39 is 15.8 Å². The van der Waals surface area contributed by atoms with E-state index in [9.17, 15) is 12.8 Å². The fourth-order valence-electron chi connectivity index (χ4n) is 1.80. The maximum absolute atomic E-state index is 13.4. The molecule has 3 N–H and O–H groups in total. The number of hydrogen-bond acceptors (Lipinski definition) is 3. The second-order valence-electron chi connectivity index (χ2n) is 4.58. The van der Waals surface area contributed by atoms with Gasteiger partial charge in [0.15, 0.2) is 0 Å². The molecule has 0 aliphatic rings. The maximum Gasteiger partial charge on any atom is 0.264 e. The third-order valence-electron chi connectivity index (χ3n) is 2.94. The molecule has 0 aliphatic carbocycles. The molecule has 20 heavy (non-hydrogen) atoms. The van der Waals surface area contributed by atoms with Crippen molar-refractivity contribution >= 4 is 21.4 Å². The Balaban J connectivity index is 2.46. The highest BCUT2D eigenvalue weighted by atomic mass is 32.2. The molecule has 0 amide bonds. The van der Waals surface area contributed by atoms with E-state index in [0.29, 0.717) is 5.69 Å². The van der Waals surface area contributed by atoms with Crippen LogP contribution in [-0.4, -0.2) is 8.42 Å². The molecule has 4 nitrogen and oxygen atoms in total. The lowest BCUT2D eigenvalue weighted by Gasteiger charge is -2.13. The minimum Gasteiger partial charge on any atom is -0.395 e. The van der Waals surface area contributed by atoms with Gasteiger partial charge in [-0.05, 0) is 43.2 Å². The second kappa shape index (κ2) is 5.13. The molecule has 0 fully saturated rings. The van der Waals surface area contributed by atoms with E-state index in [4.69, 9.17) is 5.73 Å². The summed E-state index contributed by atoms with van der Waals surface area (Å²) in [6.07, 6.45) is 0. The molecule has 2 aromatic carbocycles. The van der Waals surface area contributed by atoms with Crippen LogP contribution in [0.4, 0.5) is 15.8 Å². The van der Waals surface area contributed by atoms with Crippen molar-refractivity contribution in [2.75, 3.05) is 10.5 Å². The fraction of sp³-hybridized carbons (Fsp3) is 0.143. The molecule has 0 radical (unpaired) electrons. The van der Waals surface area contributed by atoms with Crippen LogP contribution in [0.5, 0.6) is 0 Å². The summed E-state index contributed by atoms with van der Waals surface area (Å²) in [5.41, 5.74) is 7.25. The highest BCUT2D eigenvalue weighted by molar-refractivity contribution is 7.92. The molecule has 0 atom stereocenters. The van der Waals surface area contributed by atoms with Crippen molar-refractivity contribution in [3.05, 3.63) is 53.3 Å². The fourth-order valence-corrected chi connectivity index (χ4v) is 3.06. The summed E-state index contributed by atoms with van der Waals surface area (Å²) in [5, 5.41) is 0. The number of anilines is 2. The van der Waals surface area contributed by atoms with E-state index >= 15 is 0 Å². The average molecular weight is 294 g/mol. The molecular weight excluding hydrogens is 279 g/mol. The molecule has 6 heteroatoms. The molecule has 2 aromatic rings. The van der Waals surface area contributed by atoms with Gasteiger partial charge in [-0.1, -0.05) is 18.2 Å². The van der Waals surface area contributed by atoms with Crippen LogP contribution in [0.1, 0.15) is 11.1 Å². The van der Waals surface area contributed by atoms with Gasteiger partial charge in [0, 0.05) is 0 Å². The van der Waals surface area contributed by atoms with Gasteiger partial charge in [0.05, 0.1) is 11.4 Å². The highest BCUT2D eigenvalue weighted by Gasteiger charge is 2.20. The van der Waals surface area contributed by atoms with Crippen molar-refractivity contribution in [1.82, 2.24) is 0 Å². The lowest BCUT2D eigenvalue weighted by atomic mass is 10.1. The number of nitrogens with two attached hydrogens (primary N) is 1. The summed E-state index contributed by atoms with van der Waals surface area (Å²) in [5.74, 6) is -0.756. The topological polar surface area (TPSA) is 72.2 Å². The van der Waals surface area contributed by atoms with E-state index in [-0.39, 0.29) is 10.6 Å². The Morgan fingerprint density at radius 3 is 2.55 bits per heavy atom. The summed E-state index contributed by atoms with van der Waals surface area (Å²) >= 11 is 0. The SMILES string of the molecule is Cc1ccc(C)c(NS(=O)(=O)c2cccc(F)c2N)c1. The predicted octanol–water partition coefficient (Wildman–Crippen LogP) is 2.83. The van der Waals surface area contributed by atoms with Crippen molar-refractivity contribution in [3.8, 4) is 0 Å². The summed E-state index contributed by atoms with van der Waals surface area (Å²) in [7, 11) is -3.92. The molecule has 0 spiro atoms. The minimum atomic E-state index is -3.92. The van der Waals surface area contributed by atoms with Gasteiger partial charge in [-0.3, -0.25) is 4.72 Å². The Morgan fingerprint density at radius 2 is 1.85 bits per heavy atom. The number of nitrogens with one attached hydrogen (secondary N) is 1. The quantitative estimate of drug-likeness (QED) is 0.855. The molecule has 0 aliphatic heterocycles. The van der Waals surface area contributed by atoms with Gasteiger partial charge >= 0.3 is 0 Å². The summed E-state index contributed by atoms with van der Waals surface area (Å²) in [6, 6.07) is 9.09. The smallest absolute Gasteiger partial charge is 0.264 e. The Kier molecular flexibility index (Phi) is 3.67. The summed E-state index contributed by atoms with van der Waals surface area (Å²) in [6.45, 7) is 3.64. The first-order chi connectivity index (χ1) is 9.31. The maximum atomic E-state index is 13.4. The molecule has 0 heterocycles. The van der Waals surface area contributed by atoms with Gasteiger partial charge in [0.2, 0.25) is 0 Å². The number of hydrogen-bond donors (Lipinski definition) is 2. The number of para-hydroxylation sites is 1. The van der Waals surface area contributed by atoms with E-state index in [1.54, 1.807) is 13.0 Å². The molecule has 106 valence electrons. The van der Waals surface area contributed by atoms with Crippen molar-refractivity contribution in [3.63, 3.8) is 0 Å². The highest BCUT2D eigenvalue weighted by Crippen LogP contribution is 2.25. The second-order valence-corrected chi connectivity index (χ2v) is 6.23. The van der Waals surface area contributed by atoms with Gasteiger partial charge in [-0.25, -0.2) is 12.8 Å². The van der Waals surface area contributed by atoms with Crippen LogP contribution in [0, 0.1) is 19.7 Å². The Labute approximate surface area is 117 Å². The Morgan fingerprint density at radius 1 is 1.15 bits per heavy atom. The van der Waals surface area contributed by atoms with Crippen LogP contribution < -0.4 is 10.5 Å². The minimum absolute atomic E-state index is 0.265. The van der Waals surface area contributed by atoms with Crippen molar-refractivity contribution in [1.29, 1.82) is 0 Å². The number of sulfonamides is 1. The first-order valence-electron chi connectivity index (χ1n) is 5.95. The zero-order valence-corrected chi connectivity index (χ0v) is 12.0. The standard InChI is InChI=1S/C14H15FN2O2S/c1-9-6-7-10(2)12(8-9)17-20(18,19)13-5-3-4-11(15)14(13)16/h3-8,17H,16H2,1-2H3. The van der Waals surface area contributed by atoms with Gasteiger partial charge in [0.1, 0.15) is 10.7 Å². The molecule has 0 saturated carbocycles. The molecular formula is C14H15FN2O2S. The molecule has 0 bridgehead atoms. The van der Waals surface area contributed by atoms with Crippen molar-refractivity contribution < 1.29 is 12.8 Å². The third kappa shape index (κ3) is 2.75. The monoisotopic (exact) mass is 294 g/mol. The summed E-state index contributed by atoms with van der Waals surface area (Å²) < 4.78 is 40.4. The number of aryl methyl sites for hydroxylation is 2. The van der Waals surface area contributed by atoms with Crippen LogP contribution in [0.3, 0.4) is 0 Å². The van der Waals surface area contributed by atoms with E-state index in [2.05, 4.69) is 4.72 Å². The van der Waals surface area contributed by atoms with Gasteiger partial charge < -0.3 is 5.73 Å². The van der Waals surface area contributed by atoms with E-state index in [0.717, 1.165) is 17.2 Å². The van der Waals surface area contributed by atoms with Gasteiger partial charge in [-0.2, -0.15) is 0 Å². The first kappa shape index (κ1) is 14.3. The normalized spacial score (nSPS) is 11.3. The number of rotatable bonds is 3. The lowest BCUT2D eigenvalue weighted by molar-refractivity contribution is 0.597. The summed E-state index contributed by atoms with van der Waals surface area (Å²) in [4.78, 5) is -0.265. The van der Waals surface area contributed by atoms with Crippen LogP contribution in [0.2, 0.25) is 0 Å². The van der Waals surface area contributed by atoms with E-state index in [1.807, 2.05) is 19.1 Å². The average Bonchev–Trinajstić information content (AvgIpc) is 2.36. The number of nitrogen functional groups attached to an aromatic ring is 1. The number of halogens is 1. The Hall–Kier alpha value is -2.08. The van der Waals surface area contributed by atoms with Crippen LogP contribution in [0.25, 0.3) is 0 Å². The largest absolute Gasteiger partial charge is 0.395 e. The van der Waals surface area contributed by atoms with Gasteiger partial charge in [-0.15, -0.1) is 0 Å². The van der Waals surface area contributed by atoms with E-state index in [1.165, 1.54) is 12.1 Å². The first-order valence-corrected chi connectivity index (χ1v) is 7.43. The lowest BCUT2D eigenvalue weighted by Crippen LogP contribution is -2.16. The zero-order chi connectivity index (χ0) is 14.9. The molecule has 0 unspecified atom stereocenters. The van der Waals surface area contributed by atoms with Gasteiger partial charge in [0.25, 0.3) is 10.0 Å². The zero-order valence-electron chi connectivity index (χ0n) is 11.1. The van der Waals surface area contributed by atoms with Crippen molar-refractivity contribution in [2.45, 2.75) is 18.7 Å². The Bertz CT molecular complexity index is 758. The van der Waals surface area contributed by atoms with Crippen molar-refractivity contribution in [2.24, 2.45) is 0 Å². The third-order valence-corrected chi connectivity index (χ3v) is 4.36. The molecule has 0 saturated heterocycles. The molecule has 0 aromatic heterocycles. The predicted molar refractivity (Wildman–Crippen MR) is 77.5 cm³/mol. The molecule has 2 rings (SSSR count).